The van der Waals surface area contributed by atoms with Crippen molar-refractivity contribution >= 4 is 15.7 Å². The third-order valence-electron chi connectivity index (χ3n) is 4.08. The lowest BCUT2D eigenvalue weighted by molar-refractivity contribution is 0.432. The maximum atomic E-state index is 13.3. The standard InChI is InChI=1S/C17H18F2N2O2S/c18-14-5-7-16(8-6-14)20-9-2-10-21(12-11-20)24(22,23)17-4-1-3-15(19)13-17/h1,3-8,13H,2,9-12H2. The van der Waals surface area contributed by atoms with E-state index in [9.17, 15) is 17.2 Å². The zero-order valence-electron chi connectivity index (χ0n) is 13.0. The van der Waals surface area contributed by atoms with Gasteiger partial charge in [-0.3, -0.25) is 0 Å². The SMILES string of the molecule is O=S(=O)(c1cccc(F)c1)N1CCCN(c2ccc(F)cc2)CC1. The molecular weight excluding hydrogens is 334 g/mol. The monoisotopic (exact) mass is 352 g/mol. The number of benzene rings is 2. The smallest absolute Gasteiger partial charge is 0.243 e. The summed E-state index contributed by atoms with van der Waals surface area (Å²) in [6.07, 6.45) is 0.645. The molecule has 2 aromatic carbocycles. The number of hydrogen-bond acceptors (Lipinski definition) is 3. The predicted molar refractivity (Wildman–Crippen MR) is 88.4 cm³/mol. The lowest BCUT2D eigenvalue weighted by Crippen LogP contribution is -2.35. The number of anilines is 1. The van der Waals surface area contributed by atoms with Crippen LogP contribution in [0.5, 0.6) is 0 Å². The first-order valence-corrected chi connectivity index (χ1v) is 9.17. The van der Waals surface area contributed by atoms with Crippen LogP contribution in [0.4, 0.5) is 14.5 Å². The second-order valence-electron chi connectivity index (χ2n) is 5.68. The molecule has 1 saturated heterocycles. The van der Waals surface area contributed by atoms with Crippen LogP contribution in [0.25, 0.3) is 0 Å². The third kappa shape index (κ3) is 3.57. The van der Waals surface area contributed by atoms with Gasteiger partial charge in [0, 0.05) is 31.9 Å². The second-order valence-corrected chi connectivity index (χ2v) is 7.62. The summed E-state index contributed by atoms with van der Waals surface area (Å²) in [5, 5.41) is 0. The molecule has 3 rings (SSSR count). The van der Waals surface area contributed by atoms with Crippen molar-refractivity contribution < 1.29 is 17.2 Å². The van der Waals surface area contributed by atoms with Crippen molar-refractivity contribution in [2.75, 3.05) is 31.1 Å². The molecule has 128 valence electrons. The molecule has 0 atom stereocenters. The molecule has 24 heavy (non-hydrogen) atoms. The summed E-state index contributed by atoms with van der Waals surface area (Å²) in [7, 11) is -3.71. The van der Waals surface area contributed by atoms with Crippen LogP contribution < -0.4 is 4.90 Å². The molecule has 0 unspecified atom stereocenters. The van der Waals surface area contributed by atoms with Crippen molar-refractivity contribution in [2.45, 2.75) is 11.3 Å². The molecule has 2 aromatic rings. The van der Waals surface area contributed by atoms with E-state index >= 15 is 0 Å². The van der Waals surface area contributed by atoms with Crippen molar-refractivity contribution in [1.29, 1.82) is 0 Å². The fraction of sp³-hybridized carbons (Fsp3) is 0.294. The molecule has 0 aliphatic carbocycles. The Kier molecular flexibility index (Phi) is 4.82. The van der Waals surface area contributed by atoms with Gasteiger partial charge >= 0.3 is 0 Å². The molecule has 0 saturated carbocycles. The number of rotatable bonds is 3. The molecule has 1 fully saturated rings. The van der Waals surface area contributed by atoms with Gasteiger partial charge in [-0.2, -0.15) is 4.31 Å². The van der Waals surface area contributed by atoms with Crippen molar-refractivity contribution in [3.63, 3.8) is 0 Å². The molecule has 0 amide bonds. The summed E-state index contributed by atoms with van der Waals surface area (Å²) in [5.74, 6) is -0.872. The van der Waals surface area contributed by atoms with Gasteiger partial charge in [-0.1, -0.05) is 6.07 Å². The summed E-state index contributed by atoms with van der Waals surface area (Å²) in [5.41, 5.74) is 0.862. The first-order valence-electron chi connectivity index (χ1n) is 7.73. The van der Waals surface area contributed by atoms with E-state index in [-0.39, 0.29) is 10.7 Å². The van der Waals surface area contributed by atoms with Gasteiger partial charge in [0.2, 0.25) is 10.0 Å². The van der Waals surface area contributed by atoms with E-state index in [0.717, 1.165) is 11.8 Å². The molecule has 1 aliphatic heterocycles. The minimum Gasteiger partial charge on any atom is -0.370 e. The van der Waals surface area contributed by atoms with Crippen molar-refractivity contribution in [3.8, 4) is 0 Å². The molecule has 4 nitrogen and oxygen atoms in total. The second kappa shape index (κ2) is 6.86. The van der Waals surface area contributed by atoms with Crippen molar-refractivity contribution in [3.05, 3.63) is 60.2 Å². The fourth-order valence-electron chi connectivity index (χ4n) is 2.82. The molecule has 0 spiro atoms. The predicted octanol–water partition coefficient (Wildman–Crippen LogP) is 2.87. The summed E-state index contributed by atoms with van der Waals surface area (Å²) < 4.78 is 53.1. The van der Waals surface area contributed by atoms with E-state index in [1.807, 2.05) is 4.90 Å². The number of halogens is 2. The van der Waals surface area contributed by atoms with Gasteiger partial charge in [0.25, 0.3) is 0 Å². The van der Waals surface area contributed by atoms with E-state index in [2.05, 4.69) is 0 Å². The van der Waals surface area contributed by atoms with Gasteiger partial charge in [0.1, 0.15) is 11.6 Å². The lowest BCUT2D eigenvalue weighted by atomic mass is 10.2. The maximum absolute atomic E-state index is 13.3. The van der Waals surface area contributed by atoms with Crippen LogP contribution in [0, 0.1) is 11.6 Å². The summed E-state index contributed by atoms with van der Waals surface area (Å²) in [6.45, 7) is 1.85. The number of sulfonamides is 1. The summed E-state index contributed by atoms with van der Waals surface area (Å²) >= 11 is 0. The summed E-state index contributed by atoms with van der Waals surface area (Å²) in [6, 6.07) is 11.2. The van der Waals surface area contributed by atoms with Crippen LogP contribution in [0.2, 0.25) is 0 Å². The van der Waals surface area contributed by atoms with Crippen LogP contribution in [0.1, 0.15) is 6.42 Å². The van der Waals surface area contributed by atoms with Crippen molar-refractivity contribution in [2.24, 2.45) is 0 Å². The minimum atomic E-state index is -3.71. The van der Waals surface area contributed by atoms with Gasteiger partial charge in [-0.05, 0) is 48.9 Å². The van der Waals surface area contributed by atoms with Gasteiger partial charge in [-0.15, -0.1) is 0 Å². The first-order chi connectivity index (χ1) is 11.5. The summed E-state index contributed by atoms with van der Waals surface area (Å²) in [4.78, 5) is 2.00. The number of hydrogen-bond donors (Lipinski definition) is 0. The zero-order valence-corrected chi connectivity index (χ0v) is 13.8. The van der Waals surface area contributed by atoms with Gasteiger partial charge in [0.05, 0.1) is 4.90 Å². The first kappa shape index (κ1) is 16.9. The molecule has 1 heterocycles. The van der Waals surface area contributed by atoms with E-state index < -0.39 is 15.8 Å². The van der Waals surface area contributed by atoms with E-state index in [0.29, 0.717) is 32.6 Å². The quantitative estimate of drug-likeness (QED) is 0.853. The molecule has 0 bridgehead atoms. The molecule has 0 aromatic heterocycles. The zero-order chi connectivity index (χ0) is 17.2. The van der Waals surface area contributed by atoms with Crippen molar-refractivity contribution in [1.82, 2.24) is 4.31 Å². The minimum absolute atomic E-state index is 0.0299. The van der Waals surface area contributed by atoms with E-state index in [1.165, 1.54) is 34.6 Å². The molecule has 0 radical (unpaired) electrons. The largest absolute Gasteiger partial charge is 0.370 e. The lowest BCUT2D eigenvalue weighted by Gasteiger charge is -2.23. The van der Waals surface area contributed by atoms with Crippen LogP contribution >= 0.6 is 0 Å². The van der Waals surface area contributed by atoms with Crippen LogP contribution in [0.15, 0.2) is 53.4 Å². The average Bonchev–Trinajstić information content (AvgIpc) is 2.82. The van der Waals surface area contributed by atoms with E-state index in [4.69, 9.17) is 0 Å². The van der Waals surface area contributed by atoms with Crippen LogP contribution in [-0.4, -0.2) is 38.9 Å². The Morgan fingerprint density at radius 3 is 2.29 bits per heavy atom. The average molecular weight is 352 g/mol. The Labute approximate surface area is 140 Å². The van der Waals surface area contributed by atoms with Gasteiger partial charge < -0.3 is 4.90 Å². The molecule has 1 aliphatic rings. The molecular formula is C17H18F2N2O2S. The maximum Gasteiger partial charge on any atom is 0.243 e. The Hall–Kier alpha value is -1.99. The highest BCUT2D eigenvalue weighted by Gasteiger charge is 2.27. The third-order valence-corrected chi connectivity index (χ3v) is 5.98. The topological polar surface area (TPSA) is 40.6 Å². The van der Waals surface area contributed by atoms with E-state index in [1.54, 1.807) is 12.1 Å². The van der Waals surface area contributed by atoms with Gasteiger partial charge in [0.15, 0.2) is 0 Å². The number of nitrogens with zero attached hydrogens (tertiary/aromatic N) is 2. The highest BCUT2D eigenvalue weighted by Crippen LogP contribution is 2.21. The van der Waals surface area contributed by atoms with Gasteiger partial charge in [-0.25, -0.2) is 17.2 Å². The van der Waals surface area contributed by atoms with Crippen LogP contribution in [-0.2, 0) is 10.0 Å². The Morgan fingerprint density at radius 1 is 0.833 bits per heavy atom. The highest BCUT2D eigenvalue weighted by molar-refractivity contribution is 7.89. The molecule has 0 N–H and O–H groups in total. The fourth-order valence-corrected chi connectivity index (χ4v) is 4.32. The Morgan fingerprint density at radius 2 is 1.58 bits per heavy atom. The Bertz CT molecular complexity index is 810. The molecule has 7 heteroatoms. The highest BCUT2D eigenvalue weighted by atomic mass is 32.2. The van der Waals surface area contributed by atoms with Crippen LogP contribution in [0.3, 0.4) is 0 Å². The normalized spacial score (nSPS) is 16.8. The Balaban J connectivity index is 1.76.